The van der Waals surface area contributed by atoms with Gasteiger partial charge in [0.25, 0.3) is 0 Å². The van der Waals surface area contributed by atoms with E-state index in [1.165, 1.54) is 12.2 Å². The van der Waals surface area contributed by atoms with E-state index in [0.29, 0.717) is 11.4 Å². The van der Waals surface area contributed by atoms with Gasteiger partial charge in [-0.3, -0.25) is 19.6 Å². The van der Waals surface area contributed by atoms with Crippen LogP contribution in [0.25, 0.3) is 12.2 Å². The number of hydrogen-bond donors (Lipinski definition) is 0. The summed E-state index contributed by atoms with van der Waals surface area (Å²) in [5.74, 6) is -0.585. The first-order valence-electron chi connectivity index (χ1n) is 7.96. The van der Waals surface area contributed by atoms with E-state index in [-0.39, 0.29) is 23.0 Å². The highest BCUT2D eigenvalue weighted by Crippen LogP contribution is 2.06. The van der Waals surface area contributed by atoms with E-state index in [1.807, 2.05) is 12.1 Å². The molecule has 0 fully saturated rings. The SMILES string of the molecule is O=C(/C=C\c1ccccn1)c1cccc(C(=O)/C=C/c2ccccn2)n1. The zero-order valence-electron chi connectivity index (χ0n) is 13.8. The van der Waals surface area contributed by atoms with Crippen LogP contribution < -0.4 is 0 Å². The Hall–Kier alpha value is -3.73. The van der Waals surface area contributed by atoms with E-state index in [9.17, 15) is 9.59 Å². The average molecular weight is 341 g/mol. The summed E-state index contributed by atoms with van der Waals surface area (Å²) in [6, 6.07) is 15.6. The molecule has 0 aliphatic carbocycles. The van der Waals surface area contributed by atoms with Crippen LogP contribution in [0.5, 0.6) is 0 Å². The van der Waals surface area contributed by atoms with Crippen molar-refractivity contribution >= 4 is 23.7 Å². The summed E-state index contributed by atoms with van der Waals surface area (Å²) in [6.07, 6.45) is 9.30. The van der Waals surface area contributed by atoms with Gasteiger partial charge in [0.15, 0.2) is 0 Å². The summed E-state index contributed by atoms with van der Waals surface area (Å²) in [5, 5.41) is 0. The first-order chi connectivity index (χ1) is 12.7. The van der Waals surface area contributed by atoms with Crippen molar-refractivity contribution in [2.75, 3.05) is 0 Å². The molecule has 0 amide bonds. The maximum Gasteiger partial charge on any atom is 0.204 e. The molecule has 0 saturated carbocycles. The Morgan fingerprint density at radius 3 is 1.58 bits per heavy atom. The quantitative estimate of drug-likeness (QED) is 0.505. The zero-order chi connectivity index (χ0) is 18.2. The smallest absolute Gasteiger partial charge is 0.204 e. The lowest BCUT2D eigenvalue weighted by atomic mass is 10.1. The molecule has 26 heavy (non-hydrogen) atoms. The van der Waals surface area contributed by atoms with Crippen LogP contribution in [0.1, 0.15) is 32.4 Å². The Kier molecular flexibility index (Phi) is 5.52. The van der Waals surface area contributed by atoms with Gasteiger partial charge in [-0.25, -0.2) is 4.98 Å². The molecule has 3 rings (SSSR count). The number of rotatable bonds is 6. The number of carbonyl (C=O) groups is 2. The molecule has 5 nitrogen and oxygen atoms in total. The third-order valence-corrected chi connectivity index (χ3v) is 3.44. The van der Waals surface area contributed by atoms with Gasteiger partial charge < -0.3 is 0 Å². The molecule has 0 saturated heterocycles. The van der Waals surface area contributed by atoms with Crippen LogP contribution in [0.3, 0.4) is 0 Å². The molecule has 0 bridgehead atoms. The number of ketones is 2. The Morgan fingerprint density at radius 1 is 0.654 bits per heavy atom. The van der Waals surface area contributed by atoms with Crippen molar-refractivity contribution in [1.29, 1.82) is 0 Å². The Balaban J connectivity index is 1.73. The van der Waals surface area contributed by atoms with Crippen molar-refractivity contribution in [3.8, 4) is 0 Å². The van der Waals surface area contributed by atoms with Crippen LogP contribution in [0, 0.1) is 0 Å². The minimum Gasteiger partial charge on any atom is -0.288 e. The fourth-order valence-electron chi connectivity index (χ4n) is 2.15. The van der Waals surface area contributed by atoms with Crippen molar-refractivity contribution in [2.45, 2.75) is 0 Å². The van der Waals surface area contributed by atoms with Crippen LogP contribution in [0.2, 0.25) is 0 Å². The molecule has 0 N–H and O–H groups in total. The molecule has 0 aliphatic rings. The minimum atomic E-state index is -0.293. The van der Waals surface area contributed by atoms with E-state index in [4.69, 9.17) is 0 Å². The molecular formula is C21H15N3O2. The first-order valence-corrected chi connectivity index (χ1v) is 7.96. The first kappa shape index (κ1) is 17.1. The van der Waals surface area contributed by atoms with Crippen LogP contribution in [-0.4, -0.2) is 26.5 Å². The van der Waals surface area contributed by atoms with Gasteiger partial charge in [0, 0.05) is 12.4 Å². The Labute approximate surface area is 150 Å². The second kappa shape index (κ2) is 8.39. The summed E-state index contributed by atoms with van der Waals surface area (Å²) >= 11 is 0. The third kappa shape index (κ3) is 4.64. The van der Waals surface area contributed by atoms with E-state index < -0.39 is 0 Å². The normalized spacial score (nSPS) is 11.1. The number of hydrogen-bond acceptors (Lipinski definition) is 5. The highest BCUT2D eigenvalue weighted by Gasteiger charge is 2.09. The number of allylic oxidation sites excluding steroid dienone is 2. The topological polar surface area (TPSA) is 72.8 Å². The summed E-state index contributed by atoms with van der Waals surface area (Å²) in [7, 11) is 0. The predicted molar refractivity (Wildman–Crippen MR) is 99.4 cm³/mol. The molecule has 3 aromatic heterocycles. The Bertz CT molecular complexity index is 888. The van der Waals surface area contributed by atoms with Crippen molar-refractivity contribution in [2.24, 2.45) is 0 Å². The van der Waals surface area contributed by atoms with Gasteiger partial charge in [0.1, 0.15) is 11.4 Å². The molecule has 0 aliphatic heterocycles. The van der Waals surface area contributed by atoms with Gasteiger partial charge in [0.05, 0.1) is 11.4 Å². The summed E-state index contributed by atoms with van der Waals surface area (Å²) in [4.78, 5) is 36.9. The van der Waals surface area contributed by atoms with Crippen molar-refractivity contribution < 1.29 is 9.59 Å². The summed E-state index contributed by atoms with van der Waals surface area (Å²) in [5.41, 5.74) is 1.75. The van der Waals surface area contributed by atoms with Crippen LogP contribution in [0.4, 0.5) is 0 Å². The zero-order valence-corrected chi connectivity index (χ0v) is 13.8. The van der Waals surface area contributed by atoms with Gasteiger partial charge in [-0.15, -0.1) is 0 Å². The minimum absolute atomic E-state index is 0.203. The highest BCUT2D eigenvalue weighted by molar-refractivity contribution is 6.08. The molecule has 5 heteroatoms. The molecule has 0 radical (unpaired) electrons. The summed E-state index contributed by atoms with van der Waals surface area (Å²) < 4.78 is 0. The predicted octanol–water partition coefficient (Wildman–Crippen LogP) is 3.66. The van der Waals surface area contributed by atoms with Crippen LogP contribution in [-0.2, 0) is 0 Å². The third-order valence-electron chi connectivity index (χ3n) is 3.44. The fourth-order valence-corrected chi connectivity index (χ4v) is 2.15. The van der Waals surface area contributed by atoms with E-state index in [2.05, 4.69) is 15.0 Å². The molecule has 3 aromatic rings. The molecule has 0 aromatic carbocycles. The van der Waals surface area contributed by atoms with Crippen molar-refractivity contribution in [3.63, 3.8) is 0 Å². The number of aromatic nitrogens is 3. The molecule has 3 heterocycles. The van der Waals surface area contributed by atoms with Gasteiger partial charge >= 0.3 is 0 Å². The van der Waals surface area contributed by atoms with Crippen LogP contribution >= 0.6 is 0 Å². The maximum atomic E-state index is 12.3. The standard InChI is InChI=1S/C21H15N3O2/c25-20(12-10-16-6-1-3-14-22-16)18-8-5-9-19(24-18)21(26)13-11-17-7-2-4-15-23-17/h1-15H/b12-10-,13-11+. The van der Waals surface area contributed by atoms with Crippen molar-refractivity contribution in [3.05, 3.63) is 102 Å². The molecule has 126 valence electrons. The molecule has 0 unspecified atom stereocenters. The second-order valence-corrected chi connectivity index (χ2v) is 5.31. The second-order valence-electron chi connectivity index (χ2n) is 5.31. The van der Waals surface area contributed by atoms with Gasteiger partial charge in [-0.05, 0) is 60.7 Å². The van der Waals surface area contributed by atoms with Gasteiger partial charge in [0.2, 0.25) is 11.6 Å². The van der Waals surface area contributed by atoms with Crippen LogP contribution in [0.15, 0.2) is 79.1 Å². The number of nitrogens with zero attached hydrogens (tertiary/aromatic N) is 3. The lowest BCUT2D eigenvalue weighted by Crippen LogP contribution is -2.05. The van der Waals surface area contributed by atoms with E-state index >= 15 is 0 Å². The molecule has 0 atom stereocenters. The van der Waals surface area contributed by atoms with E-state index in [0.717, 1.165) is 0 Å². The average Bonchev–Trinajstić information content (AvgIpc) is 2.72. The fraction of sp³-hybridized carbons (Fsp3) is 0. The highest BCUT2D eigenvalue weighted by atomic mass is 16.1. The Morgan fingerprint density at radius 2 is 1.15 bits per heavy atom. The number of pyridine rings is 3. The lowest BCUT2D eigenvalue weighted by Gasteiger charge is -1.99. The number of carbonyl (C=O) groups excluding carboxylic acids is 2. The van der Waals surface area contributed by atoms with Crippen molar-refractivity contribution in [1.82, 2.24) is 15.0 Å². The lowest BCUT2D eigenvalue weighted by molar-refractivity contribution is 0.104. The summed E-state index contributed by atoms with van der Waals surface area (Å²) in [6.45, 7) is 0. The monoisotopic (exact) mass is 341 g/mol. The maximum absolute atomic E-state index is 12.3. The van der Waals surface area contributed by atoms with Gasteiger partial charge in [-0.1, -0.05) is 18.2 Å². The largest absolute Gasteiger partial charge is 0.288 e. The van der Waals surface area contributed by atoms with E-state index in [1.54, 1.807) is 67.0 Å². The molecular weight excluding hydrogens is 326 g/mol. The molecule has 0 spiro atoms. The van der Waals surface area contributed by atoms with Gasteiger partial charge in [-0.2, -0.15) is 0 Å².